The van der Waals surface area contributed by atoms with Crippen LogP contribution in [0.3, 0.4) is 0 Å². The lowest BCUT2D eigenvalue weighted by molar-refractivity contribution is -0.114. The van der Waals surface area contributed by atoms with Gasteiger partial charge in [-0.2, -0.15) is 0 Å². The average Bonchev–Trinajstić information content (AvgIpc) is 2.21. The molecule has 0 aromatic heterocycles. The molecule has 4 nitrogen and oxygen atoms in total. The Hall–Kier alpha value is -1.26. The smallest absolute Gasteiger partial charge is 0.238 e. The Morgan fingerprint density at radius 3 is 2.59 bits per heavy atom. The molecule has 0 saturated carbocycles. The third-order valence-electron chi connectivity index (χ3n) is 2.01. The van der Waals surface area contributed by atoms with Crippen molar-refractivity contribution in [2.24, 2.45) is 5.73 Å². The molecule has 0 bridgehead atoms. The molecule has 0 aliphatic heterocycles. The van der Waals surface area contributed by atoms with E-state index in [0.717, 1.165) is 17.0 Å². The second-order valence-corrected chi connectivity index (χ2v) is 3.90. The minimum Gasteiger partial charge on any atom is -0.491 e. The number of amides is 1. The van der Waals surface area contributed by atoms with E-state index in [1.807, 2.05) is 32.9 Å². The maximum Gasteiger partial charge on any atom is 0.238 e. The van der Waals surface area contributed by atoms with Crippen LogP contribution in [0.25, 0.3) is 0 Å². The molecule has 0 aliphatic rings. The van der Waals surface area contributed by atoms with Gasteiger partial charge < -0.3 is 15.8 Å². The molecule has 0 spiro atoms. The van der Waals surface area contributed by atoms with Crippen LogP contribution in [0, 0.1) is 6.92 Å². The summed E-state index contributed by atoms with van der Waals surface area (Å²) in [7, 11) is 0. The highest BCUT2D eigenvalue weighted by molar-refractivity contribution is 5.92. The number of rotatable bonds is 4. The summed E-state index contributed by atoms with van der Waals surface area (Å²) in [4.78, 5) is 11.1. The van der Waals surface area contributed by atoms with Crippen molar-refractivity contribution in [3.63, 3.8) is 0 Å². The van der Waals surface area contributed by atoms with E-state index in [1.54, 1.807) is 6.07 Å². The highest BCUT2D eigenvalue weighted by atomic mass is 35.5. The summed E-state index contributed by atoms with van der Waals surface area (Å²) in [6.07, 6.45) is 0.142. The monoisotopic (exact) mass is 258 g/mol. The van der Waals surface area contributed by atoms with Gasteiger partial charge in [0.15, 0.2) is 0 Å². The first-order chi connectivity index (χ1) is 7.52. The largest absolute Gasteiger partial charge is 0.491 e. The summed E-state index contributed by atoms with van der Waals surface area (Å²) in [6.45, 7) is 5.88. The Labute approximate surface area is 108 Å². The van der Waals surface area contributed by atoms with Crippen LogP contribution in [0.2, 0.25) is 0 Å². The highest BCUT2D eigenvalue weighted by Crippen LogP contribution is 2.22. The third-order valence-corrected chi connectivity index (χ3v) is 2.01. The predicted octanol–water partition coefficient (Wildman–Crippen LogP) is 2.10. The summed E-state index contributed by atoms with van der Waals surface area (Å²) in [6, 6.07) is 5.52. The van der Waals surface area contributed by atoms with Crippen molar-refractivity contribution in [1.29, 1.82) is 0 Å². The molecule has 96 valence electrons. The number of ether oxygens (including phenoxy) is 1. The number of benzene rings is 1. The van der Waals surface area contributed by atoms with E-state index < -0.39 is 0 Å². The number of carbonyl (C=O) groups excluding carboxylic acids is 1. The first-order valence-electron chi connectivity index (χ1n) is 5.30. The van der Waals surface area contributed by atoms with Gasteiger partial charge in [-0.25, -0.2) is 0 Å². The van der Waals surface area contributed by atoms with Crippen LogP contribution in [0.5, 0.6) is 5.75 Å². The molecule has 1 rings (SSSR count). The van der Waals surface area contributed by atoms with Crippen LogP contribution >= 0.6 is 12.4 Å². The fraction of sp³-hybridized carbons (Fsp3) is 0.417. The van der Waals surface area contributed by atoms with E-state index >= 15 is 0 Å². The molecule has 1 aromatic carbocycles. The molecule has 0 unspecified atom stereocenters. The van der Waals surface area contributed by atoms with Gasteiger partial charge in [-0.1, -0.05) is 0 Å². The number of aryl methyl sites for hydroxylation is 1. The number of nitrogens with one attached hydrogen (secondary N) is 1. The average molecular weight is 259 g/mol. The van der Waals surface area contributed by atoms with Crippen molar-refractivity contribution in [2.45, 2.75) is 26.9 Å². The molecule has 1 amide bonds. The minimum absolute atomic E-state index is 0. The first-order valence-corrected chi connectivity index (χ1v) is 5.30. The zero-order chi connectivity index (χ0) is 12.1. The quantitative estimate of drug-likeness (QED) is 0.869. The SMILES string of the molecule is Cc1cc(NC(=O)CN)ccc1OC(C)C.Cl. The van der Waals surface area contributed by atoms with Gasteiger partial charge in [0.1, 0.15) is 5.75 Å². The number of carbonyl (C=O) groups is 1. The van der Waals surface area contributed by atoms with E-state index in [2.05, 4.69) is 5.32 Å². The van der Waals surface area contributed by atoms with Gasteiger partial charge in [-0.05, 0) is 44.5 Å². The lowest BCUT2D eigenvalue weighted by Crippen LogP contribution is -2.21. The molecule has 1 aromatic rings. The van der Waals surface area contributed by atoms with Gasteiger partial charge in [0.25, 0.3) is 0 Å². The van der Waals surface area contributed by atoms with Gasteiger partial charge in [0, 0.05) is 5.69 Å². The Balaban J connectivity index is 0.00000256. The Morgan fingerprint density at radius 2 is 2.12 bits per heavy atom. The second-order valence-electron chi connectivity index (χ2n) is 3.90. The summed E-state index contributed by atoms with van der Waals surface area (Å²) < 4.78 is 5.59. The molecule has 0 saturated heterocycles. The Kier molecular flexibility index (Phi) is 6.61. The van der Waals surface area contributed by atoms with Gasteiger partial charge >= 0.3 is 0 Å². The minimum atomic E-state index is -0.197. The molecule has 0 radical (unpaired) electrons. The normalized spacial score (nSPS) is 9.71. The molecule has 5 heteroatoms. The van der Waals surface area contributed by atoms with Gasteiger partial charge in [0.2, 0.25) is 5.91 Å². The summed E-state index contributed by atoms with van der Waals surface area (Å²) >= 11 is 0. The number of hydrogen-bond acceptors (Lipinski definition) is 3. The van der Waals surface area contributed by atoms with Gasteiger partial charge in [0.05, 0.1) is 12.6 Å². The molecule has 17 heavy (non-hydrogen) atoms. The van der Waals surface area contributed by atoms with Crippen LogP contribution in [-0.2, 0) is 4.79 Å². The number of hydrogen-bond donors (Lipinski definition) is 2. The maximum absolute atomic E-state index is 11.1. The molecule has 0 heterocycles. The van der Waals surface area contributed by atoms with E-state index in [-0.39, 0.29) is 31.0 Å². The highest BCUT2D eigenvalue weighted by Gasteiger charge is 2.04. The topological polar surface area (TPSA) is 64.4 Å². The lowest BCUT2D eigenvalue weighted by atomic mass is 10.2. The van der Waals surface area contributed by atoms with Crippen molar-refractivity contribution in [3.8, 4) is 5.75 Å². The van der Waals surface area contributed by atoms with Crippen molar-refractivity contribution in [2.75, 3.05) is 11.9 Å². The number of halogens is 1. The lowest BCUT2D eigenvalue weighted by Gasteiger charge is -2.13. The second kappa shape index (κ2) is 7.14. The predicted molar refractivity (Wildman–Crippen MR) is 71.9 cm³/mol. The number of anilines is 1. The van der Waals surface area contributed by atoms with Crippen molar-refractivity contribution in [3.05, 3.63) is 23.8 Å². The van der Waals surface area contributed by atoms with Crippen molar-refractivity contribution < 1.29 is 9.53 Å². The van der Waals surface area contributed by atoms with Crippen molar-refractivity contribution in [1.82, 2.24) is 0 Å². The van der Waals surface area contributed by atoms with E-state index in [4.69, 9.17) is 10.5 Å². The zero-order valence-electron chi connectivity index (χ0n) is 10.3. The van der Waals surface area contributed by atoms with Crippen LogP contribution in [0.1, 0.15) is 19.4 Å². The summed E-state index contributed by atoms with van der Waals surface area (Å²) in [5, 5.41) is 2.69. The third kappa shape index (κ3) is 5.06. The standard InChI is InChI=1S/C12H18N2O2.ClH/c1-8(2)16-11-5-4-10(6-9(11)3)14-12(15)7-13;/h4-6,8H,7,13H2,1-3H3,(H,14,15);1H. The fourth-order valence-corrected chi connectivity index (χ4v) is 1.33. The molecular weight excluding hydrogens is 240 g/mol. The van der Waals surface area contributed by atoms with Gasteiger partial charge in [-0.3, -0.25) is 4.79 Å². The first kappa shape index (κ1) is 15.7. The molecule has 0 atom stereocenters. The summed E-state index contributed by atoms with van der Waals surface area (Å²) in [5.74, 6) is 0.637. The zero-order valence-corrected chi connectivity index (χ0v) is 11.1. The Bertz CT molecular complexity index is 381. The van der Waals surface area contributed by atoms with E-state index in [1.165, 1.54) is 0 Å². The summed E-state index contributed by atoms with van der Waals surface area (Å²) in [5.41, 5.74) is 6.95. The maximum atomic E-state index is 11.1. The van der Waals surface area contributed by atoms with Crippen LogP contribution in [0.4, 0.5) is 5.69 Å². The van der Waals surface area contributed by atoms with Crippen LogP contribution in [-0.4, -0.2) is 18.6 Å². The van der Waals surface area contributed by atoms with Crippen LogP contribution in [0.15, 0.2) is 18.2 Å². The fourth-order valence-electron chi connectivity index (χ4n) is 1.33. The van der Waals surface area contributed by atoms with Crippen molar-refractivity contribution >= 4 is 24.0 Å². The molecule has 3 N–H and O–H groups in total. The molecule has 0 fully saturated rings. The Morgan fingerprint density at radius 1 is 1.47 bits per heavy atom. The molecular formula is C12H19ClN2O2. The van der Waals surface area contributed by atoms with Gasteiger partial charge in [-0.15, -0.1) is 12.4 Å². The van der Waals surface area contributed by atoms with E-state index in [0.29, 0.717) is 0 Å². The molecule has 0 aliphatic carbocycles. The van der Waals surface area contributed by atoms with E-state index in [9.17, 15) is 4.79 Å². The number of nitrogens with two attached hydrogens (primary N) is 1. The van der Waals surface area contributed by atoms with Crippen LogP contribution < -0.4 is 15.8 Å².